The summed E-state index contributed by atoms with van der Waals surface area (Å²) >= 11 is 6.40. The average Bonchev–Trinajstić information content (AvgIpc) is 3.46. The standard InChI is InChI=1S/C32H35ClN4O4/c1-23-10-12-24(13-11-23)30-21-29(25-6-5-7-26(20-25)40-2)34-37(30)31(38)22-36(15-14-35-16-18-41-19-17-35)32(39)27-8-3-4-9-28(27)33/h3-13,20,30H,14-19,21-22H2,1-2H3/t30-/m1/s1. The summed E-state index contributed by atoms with van der Waals surface area (Å²) in [5.41, 5.74) is 4.19. The van der Waals surface area contributed by atoms with E-state index < -0.39 is 0 Å². The van der Waals surface area contributed by atoms with Crippen LogP contribution in [0.2, 0.25) is 5.02 Å². The second-order valence-corrected chi connectivity index (χ2v) is 10.7. The summed E-state index contributed by atoms with van der Waals surface area (Å²) < 4.78 is 10.9. The van der Waals surface area contributed by atoms with Crippen LogP contribution in [0.25, 0.3) is 0 Å². The minimum atomic E-state index is -0.291. The van der Waals surface area contributed by atoms with E-state index in [0.29, 0.717) is 43.3 Å². The summed E-state index contributed by atoms with van der Waals surface area (Å²) in [6, 6.07) is 22.5. The number of ether oxygens (including phenoxy) is 2. The molecule has 3 aromatic carbocycles. The van der Waals surface area contributed by atoms with Gasteiger partial charge in [0.15, 0.2) is 0 Å². The van der Waals surface area contributed by atoms with E-state index in [0.717, 1.165) is 41.2 Å². The van der Waals surface area contributed by atoms with Crippen molar-refractivity contribution in [3.8, 4) is 5.75 Å². The van der Waals surface area contributed by atoms with E-state index in [-0.39, 0.29) is 24.4 Å². The van der Waals surface area contributed by atoms with E-state index in [2.05, 4.69) is 4.90 Å². The lowest BCUT2D eigenvalue weighted by molar-refractivity contribution is -0.133. The van der Waals surface area contributed by atoms with Crippen LogP contribution in [0.5, 0.6) is 5.75 Å². The van der Waals surface area contributed by atoms with Crippen molar-refractivity contribution in [3.63, 3.8) is 0 Å². The molecule has 8 nitrogen and oxygen atoms in total. The van der Waals surface area contributed by atoms with Gasteiger partial charge >= 0.3 is 0 Å². The maximum atomic E-state index is 14.0. The van der Waals surface area contributed by atoms with Gasteiger partial charge in [-0.05, 0) is 36.8 Å². The summed E-state index contributed by atoms with van der Waals surface area (Å²) in [6.45, 7) is 5.82. The second-order valence-electron chi connectivity index (χ2n) is 10.3. The van der Waals surface area contributed by atoms with E-state index >= 15 is 0 Å². The Kier molecular flexibility index (Phi) is 9.34. The summed E-state index contributed by atoms with van der Waals surface area (Å²) in [5.74, 6) is 0.192. The Hall–Kier alpha value is -3.72. The predicted molar refractivity (Wildman–Crippen MR) is 160 cm³/mol. The number of amides is 2. The molecular formula is C32H35ClN4O4. The summed E-state index contributed by atoms with van der Waals surface area (Å²) in [6.07, 6.45) is 0.550. The first-order valence-corrected chi connectivity index (χ1v) is 14.2. The van der Waals surface area contributed by atoms with Gasteiger partial charge in [-0.2, -0.15) is 5.10 Å². The second kappa shape index (κ2) is 13.3. The molecule has 1 atom stereocenters. The third kappa shape index (κ3) is 6.96. The van der Waals surface area contributed by atoms with Crippen LogP contribution in [0, 0.1) is 6.92 Å². The molecule has 214 valence electrons. The van der Waals surface area contributed by atoms with Crippen LogP contribution in [0.15, 0.2) is 77.9 Å². The monoisotopic (exact) mass is 574 g/mol. The van der Waals surface area contributed by atoms with Crippen molar-refractivity contribution in [1.82, 2.24) is 14.8 Å². The topological polar surface area (TPSA) is 74.7 Å². The maximum absolute atomic E-state index is 14.0. The lowest BCUT2D eigenvalue weighted by Gasteiger charge is -2.31. The molecule has 0 spiro atoms. The number of methoxy groups -OCH3 is 1. The molecular weight excluding hydrogens is 540 g/mol. The minimum Gasteiger partial charge on any atom is -0.497 e. The number of hydrazone groups is 1. The number of hydrogen-bond donors (Lipinski definition) is 0. The Morgan fingerprint density at radius 2 is 1.80 bits per heavy atom. The Labute approximate surface area is 246 Å². The van der Waals surface area contributed by atoms with Crippen LogP contribution in [0.1, 0.15) is 39.5 Å². The van der Waals surface area contributed by atoms with Gasteiger partial charge in [0, 0.05) is 38.2 Å². The first kappa shape index (κ1) is 28.8. The van der Waals surface area contributed by atoms with E-state index in [4.69, 9.17) is 26.2 Å². The number of carbonyl (C=O) groups excluding carboxylic acids is 2. The molecule has 0 N–H and O–H groups in total. The highest BCUT2D eigenvalue weighted by Gasteiger charge is 2.35. The van der Waals surface area contributed by atoms with Crippen molar-refractivity contribution in [3.05, 3.63) is 100 Å². The van der Waals surface area contributed by atoms with Crippen molar-refractivity contribution < 1.29 is 19.1 Å². The molecule has 0 saturated carbocycles. The number of halogens is 1. The van der Waals surface area contributed by atoms with Gasteiger partial charge in [0.1, 0.15) is 12.3 Å². The van der Waals surface area contributed by atoms with Gasteiger partial charge in [0.25, 0.3) is 11.8 Å². The lowest BCUT2D eigenvalue weighted by Crippen LogP contribution is -2.46. The van der Waals surface area contributed by atoms with Crippen molar-refractivity contribution in [2.75, 3.05) is 53.0 Å². The molecule has 2 heterocycles. The predicted octanol–water partition coefficient (Wildman–Crippen LogP) is 4.81. The van der Waals surface area contributed by atoms with Crippen LogP contribution in [-0.2, 0) is 9.53 Å². The summed E-state index contributed by atoms with van der Waals surface area (Å²) in [5, 5.41) is 6.72. The van der Waals surface area contributed by atoms with Crippen molar-refractivity contribution in [1.29, 1.82) is 0 Å². The van der Waals surface area contributed by atoms with E-state index in [1.165, 1.54) is 0 Å². The maximum Gasteiger partial charge on any atom is 0.262 e. The van der Waals surface area contributed by atoms with Gasteiger partial charge in [-0.15, -0.1) is 0 Å². The highest BCUT2D eigenvalue weighted by Crippen LogP contribution is 2.34. The third-order valence-corrected chi connectivity index (χ3v) is 7.87. The molecule has 9 heteroatoms. The molecule has 1 fully saturated rings. The fraction of sp³-hybridized carbons (Fsp3) is 0.344. The fourth-order valence-electron chi connectivity index (χ4n) is 5.15. The molecule has 2 aliphatic heterocycles. The first-order chi connectivity index (χ1) is 19.9. The van der Waals surface area contributed by atoms with E-state index in [1.54, 1.807) is 41.3 Å². The van der Waals surface area contributed by atoms with E-state index in [1.807, 2.05) is 55.5 Å². The summed E-state index contributed by atoms with van der Waals surface area (Å²) in [4.78, 5) is 31.6. The highest BCUT2D eigenvalue weighted by molar-refractivity contribution is 6.33. The quantitative estimate of drug-likeness (QED) is 0.367. The van der Waals surface area contributed by atoms with E-state index in [9.17, 15) is 9.59 Å². The molecule has 0 radical (unpaired) electrons. The zero-order valence-corrected chi connectivity index (χ0v) is 24.2. The van der Waals surface area contributed by atoms with Gasteiger partial charge in [0.2, 0.25) is 0 Å². The molecule has 0 bridgehead atoms. The number of carbonyl (C=O) groups is 2. The number of morpholine rings is 1. The minimum absolute atomic E-state index is 0.119. The van der Waals surface area contributed by atoms with Gasteiger partial charge in [-0.25, -0.2) is 5.01 Å². The normalized spacial score (nSPS) is 17.3. The SMILES string of the molecule is COc1cccc(C2=NN(C(=O)CN(CCN3CCOCC3)C(=O)c3ccccc3Cl)[C@@H](c3ccc(C)cc3)C2)c1. The molecule has 0 aliphatic carbocycles. The third-order valence-electron chi connectivity index (χ3n) is 7.54. The lowest BCUT2D eigenvalue weighted by atomic mass is 9.97. The van der Waals surface area contributed by atoms with Crippen LogP contribution < -0.4 is 4.74 Å². The highest BCUT2D eigenvalue weighted by atomic mass is 35.5. The number of hydrogen-bond acceptors (Lipinski definition) is 6. The Bertz CT molecular complexity index is 1400. The molecule has 0 unspecified atom stereocenters. The smallest absolute Gasteiger partial charge is 0.262 e. The Morgan fingerprint density at radius 1 is 1.05 bits per heavy atom. The average molecular weight is 575 g/mol. The largest absolute Gasteiger partial charge is 0.497 e. The van der Waals surface area contributed by atoms with Gasteiger partial charge < -0.3 is 14.4 Å². The fourth-order valence-corrected chi connectivity index (χ4v) is 5.36. The van der Waals surface area contributed by atoms with Crippen molar-refractivity contribution >= 4 is 29.1 Å². The number of benzene rings is 3. The first-order valence-electron chi connectivity index (χ1n) is 13.9. The number of rotatable bonds is 9. The van der Waals surface area contributed by atoms with Crippen LogP contribution in [-0.4, -0.2) is 85.4 Å². The van der Waals surface area contributed by atoms with Gasteiger partial charge in [-0.3, -0.25) is 14.5 Å². The molecule has 2 aliphatic rings. The molecule has 41 heavy (non-hydrogen) atoms. The molecule has 1 saturated heterocycles. The molecule has 2 amide bonds. The summed E-state index contributed by atoms with van der Waals surface area (Å²) in [7, 11) is 1.63. The van der Waals surface area contributed by atoms with Crippen molar-refractivity contribution in [2.24, 2.45) is 5.10 Å². The van der Waals surface area contributed by atoms with Gasteiger partial charge in [-0.1, -0.05) is 65.7 Å². The number of nitrogens with zero attached hydrogens (tertiary/aromatic N) is 4. The Morgan fingerprint density at radius 3 is 2.54 bits per heavy atom. The molecule has 5 rings (SSSR count). The van der Waals surface area contributed by atoms with Crippen LogP contribution in [0.3, 0.4) is 0 Å². The Balaban J connectivity index is 1.43. The number of aryl methyl sites for hydroxylation is 1. The molecule has 0 aromatic heterocycles. The van der Waals surface area contributed by atoms with Gasteiger partial charge in [0.05, 0.1) is 42.7 Å². The van der Waals surface area contributed by atoms with Crippen molar-refractivity contribution in [2.45, 2.75) is 19.4 Å². The molecule has 3 aromatic rings. The van der Waals surface area contributed by atoms with Crippen LogP contribution in [0.4, 0.5) is 0 Å². The zero-order chi connectivity index (χ0) is 28.8. The van der Waals surface area contributed by atoms with Crippen LogP contribution >= 0.6 is 11.6 Å². The zero-order valence-electron chi connectivity index (χ0n) is 23.5.